The second-order valence-electron chi connectivity index (χ2n) is 7.16. The van der Waals surface area contributed by atoms with Crippen molar-refractivity contribution in [3.8, 4) is 5.75 Å². The normalized spacial score (nSPS) is 17.5. The second-order valence-corrected chi connectivity index (χ2v) is 7.16. The van der Waals surface area contributed by atoms with Gasteiger partial charge >= 0.3 is 5.97 Å². The molecule has 0 saturated carbocycles. The summed E-state index contributed by atoms with van der Waals surface area (Å²) in [5.41, 5.74) is 2.21. The number of carbonyl (C=O) groups excluding carboxylic acids is 2. The number of esters is 1. The zero-order valence-corrected chi connectivity index (χ0v) is 16.5. The Kier molecular flexibility index (Phi) is 5.19. The molecule has 152 valence electrons. The summed E-state index contributed by atoms with van der Waals surface area (Å²) in [6.45, 7) is 1.74. The molecule has 0 aliphatic carbocycles. The molecule has 2 aliphatic heterocycles. The van der Waals surface area contributed by atoms with E-state index in [0.29, 0.717) is 32.5 Å². The van der Waals surface area contributed by atoms with Crippen LogP contribution in [0.1, 0.15) is 44.9 Å². The first-order valence-electron chi connectivity index (χ1n) is 9.58. The number of rotatable bonds is 3. The van der Waals surface area contributed by atoms with Gasteiger partial charge in [-0.1, -0.05) is 12.1 Å². The lowest BCUT2D eigenvalue weighted by Gasteiger charge is -2.45. The van der Waals surface area contributed by atoms with E-state index < -0.39 is 11.6 Å². The van der Waals surface area contributed by atoms with Gasteiger partial charge in [0.15, 0.2) is 5.69 Å². The SMILES string of the molecule is COC(=O)c1cnc(C(=O)N2CCC3(CC2)OCCc2cccc(OC)c23)cn1. The second kappa shape index (κ2) is 7.79. The van der Waals surface area contributed by atoms with Crippen molar-refractivity contribution >= 4 is 11.9 Å². The highest BCUT2D eigenvalue weighted by atomic mass is 16.5. The molecular formula is C21H23N3O5. The van der Waals surface area contributed by atoms with Gasteiger partial charge in [0.25, 0.3) is 5.91 Å². The predicted molar refractivity (Wildman–Crippen MR) is 103 cm³/mol. The molecule has 0 bridgehead atoms. The number of carbonyl (C=O) groups is 2. The van der Waals surface area contributed by atoms with E-state index in [4.69, 9.17) is 9.47 Å². The molecule has 1 saturated heterocycles. The highest BCUT2D eigenvalue weighted by Crippen LogP contribution is 2.45. The number of nitrogens with zero attached hydrogens (tertiary/aromatic N) is 3. The molecule has 0 atom stereocenters. The Hall–Kier alpha value is -3.00. The van der Waals surface area contributed by atoms with Gasteiger partial charge in [-0.2, -0.15) is 0 Å². The van der Waals surface area contributed by atoms with Crippen LogP contribution in [0.25, 0.3) is 0 Å². The van der Waals surface area contributed by atoms with Gasteiger partial charge in [0.1, 0.15) is 17.0 Å². The first kappa shape index (κ1) is 19.3. The van der Waals surface area contributed by atoms with Gasteiger partial charge in [0, 0.05) is 18.7 Å². The molecule has 29 heavy (non-hydrogen) atoms. The van der Waals surface area contributed by atoms with Crippen LogP contribution in [0.4, 0.5) is 0 Å². The van der Waals surface area contributed by atoms with Crippen LogP contribution in [0.5, 0.6) is 5.75 Å². The molecule has 4 rings (SSSR count). The summed E-state index contributed by atoms with van der Waals surface area (Å²) in [5.74, 6) is 0.0459. The number of fused-ring (bicyclic) bond motifs is 2. The van der Waals surface area contributed by atoms with Crippen LogP contribution in [0.15, 0.2) is 30.6 Å². The van der Waals surface area contributed by atoms with Crippen molar-refractivity contribution in [1.82, 2.24) is 14.9 Å². The molecule has 0 unspecified atom stereocenters. The van der Waals surface area contributed by atoms with Gasteiger partial charge in [-0.25, -0.2) is 14.8 Å². The van der Waals surface area contributed by atoms with Crippen LogP contribution in [0, 0.1) is 0 Å². The number of methoxy groups -OCH3 is 2. The Labute approximate surface area is 168 Å². The lowest BCUT2D eigenvalue weighted by molar-refractivity contribution is -0.0947. The number of hydrogen-bond acceptors (Lipinski definition) is 7. The number of hydrogen-bond donors (Lipinski definition) is 0. The van der Waals surface area contributed by atoms with Gasteiger partial charge in [-0.15, -0.1) is 0 Å². The van der Waals surface area contributed by atoms with Crippen LogP contribution < -0.4 is 4.74 Å². The van der Waals surface area contributed by atoms with Crippen molar-refractivity contribution in [3.05, 3.63) is 53.1 Å². The molecule has 0 N–H and O–H groups in total. The molecule has 1 aromatic carbocycles. The number of likely N-dealkylation sites (tertiary alicyclic amines) is 1. The number of benzene rings is 1. The van der Waals surface area contributed by atoms with Gasteiger partial charge in [0.2, 0.25) is 0 Å². The fraction of sp³-hybridized carbons (Fsp3) is 0.429. The molecular weight excluding hydrogens is 374 g/mol. The van der Waals surface area contributed by atoms with Crippen molar-refractivity contribution in [1.29, 1.82) is 0 Å². The Morgan fingerprint density at radius 2 is 1.83 bits per heavy atom. The third kappa shape index (κ3) is 3.44. The number of amides is 1. The first-order chi connectivity index (χ1) is 14.1. The van der Waals surface area contributed by atoms with Gasteiger partial charge < -0.3 is 19.1 Å². The Balaban J connectivity index is 1.51. The summed E-state index contributed by atoms with van der Waals surface area (Å²) in [7, 11) is 2.94. The van der Waals surface area contributed by atoms with Crippen LogP contribution in [-0.4, -0.2) is 60.7 Å². The van der Waals surface area contributed by atoms with Crippen molar-refractivity contribution in [2.75, 3.05) is 33.9 Å². The van der Waals surface area contributed by atoms with E-state index in [1.807, 2.05) is 12.1 Å². The molecule has 2 aromatic rings. The van der Waals surface area contributed by atoms with Crippen molar-refractivity contribution < 1.29 is 23.8 Å². The standard InChI is InChI=1S/C21H23N3O5/c1-27-17-5-3-4-14-6-11-29-21(18(14)17)7-9-24(10-8-21)19(25)15-12-23-16(13-22-15)20(26)28-2/h3-5,12-13H,6-11H2,1-2H3. The van der Waals surface area contributed by atoms with Gasteiger partial charge in [0.05, 0.1) is 33.2 Å². The minimum absolute atomic E-state index is 0.0703. The predicted octanol–water partition coefficient (Wildman–Crippen LogP) is 1.98. The highest BCUT2D eigenvalue weighted by Gasteiger charge is 2.43. The quantitative estimate of drug-likeness (QED) is 0.732. The van der Waals surface area contributed by atoms with E-state index >= 15 is 0 Å². The summed E-state index contributed by atoms with van der Waals surface area (Å²) in [4.78, 5) is 34.1. The molecule has 0 radical (unpaired) electrons. The fourth-order valence-electron chi connectivity index (χ4n) is 4.18. The maximum atomic E-state index is 12.8. The number of ether oxygens (including phenoxy) is 3. The average molecular weight is 397 g/mol. The molecule has 1 aromatic heterocycles. The van der Waals surface area contributed by atoms with E-state index in [-0.39, 0.29) is 17.3 Å². The van der Waals surface area contributed by atoms with E-state index in [2.05, 4.69) is 20.8 Å². The van der Waals surface area contributed by atoms with E-state index in [9.17, 15) is 9.59 Å². The van der Waals surface area contributed by atoms with Crippen LogP contribution >= 0.6 is 0 Å². The Morgan fingerprint density at radius 1 is 1.10 bits per heavy atom. The van der Waals surface area contributed by atoms with Crippen LogP contribution in [0.2, 0.25) is 0 Å². The number of piperidine rings is 1. The van der Waals surface area contributed by atoms with E-state index in [1.54, 1.807) is 12.0 Å². The first-order valence-corrected chi connectivity index (χ1v) is 9.58. The lowest BCUT2D eigenvalue weighted by atomic mass is 9.78. The molecule has 1 fully saturated rings. The van der Waals surface area contributed by atoms with Crippen LogP contribution in [0.3, 0.4) is 0 Å². The monoisotopic (exact) mass is 397 g/mol. The van der Waals surface area contributed by atoms with E-state index in [0.717, 1.165) is 17.7 Å². The highest BCUT2D eigenvalue weighted by molar-refractivity contribution is 5.93. The summed E-state index contributed by atoms with van der Waals surface area (Å²) in [5, 5.41) is 0. The van der Waals surface area contributed by atoms with Gasteiger partial charge in [-0.05, 0) is 30.9 Å². The van der Waals surface area contributed by atoms with Crippen molar-refractivity contribution in [3.63, 3.8) is 0 Å². The summed E-state index contributed by atoms with van der Waals surface area (Å²) >= 11 is 0. The summed E-state index contributed by atoms with van der Waals surface area (Å²) in [6.07, 6.45) is 4.79. The van der Waals surface area contributed by atoms with Crippen LogP contribution in [-0.2, 0) is 21.5 Å². The third-order valence-electron chi connectivity index (χ3n) is 5.66. The third-order valence-corrected chi connectivity index (χ3v) is 5.66. The Morgan fingerprint density at radius 3 is 2.48 bits per heavy atom. The minimum Gasteiger partial charge on any atom is -0.496 e. The average Bonchev–Trinajstić information content (AvgIpc) is 2.78. The summed E-state index contributed by atoms with van der Waals surface area (Å²) in [6, 6.07) is 6.09. The summed E-state index contributed by atoms with van der Waals surface area (Å²) < 4.78 is 16.5. The van der Waals surface area contributed by atoms with E-state index in [1.165, 1.54) is 25.1 Å². The molecule has 1 amide bonds. The lowest BCUT2D eigenvalue weighted by Crippen LogP contribution is -2.48. The smallest absolute Gasteiger partial charge is 0.358 e. The molecule has 8 nitrogen and oxygen atoms in total. The zero-order valence-electron chi connectivity index (χ0n) is 16.5. The number of aromatic nitrogens is 2. The molecule has 3 heterocycles. The van der Waals surface area contributed by atoms with Crippen molar-refractivity contribution in [2.24, 2.45) is 0 Å². The largest absolute Gasteiger partial charge is 0.496 e. The zero-order chi connectivity index (χ0) is 20.4. The molecule has 8 heteroatoms. The van der Waals surface area contributed by atoms with Crippen molar-refractivity contribution in [2.45, 2.75) is 24.9 Å². The molecule has 2 aliphatic rings. The minimum atomic E-state index is -0.585. The topological polar surface area (TPSA) is 90.9 Å². The maximum Gasteiger partial charge on any atom is 0.358 e. The fourth-order valence-corrected chi connectivity index (χ4v) is 4.18. The molecule has 1 spiro atoms. The maximum absolute atomic E-state index is 12.8. The Bertz CT molecular complexity index is 906. The van der Waals surface area contributed by atoms with Gasteiger partial charge in [-0.3, -0.25) is 4.79 Å².